The van der Waals surface area contributed by atoms with Gasteiger partial charge in [-0.1, -0.05) is 99.7 Å². The molecule has 0 radical (unpaired) electrons. The molecule has 27 heavy (non-hydrogen) atoms. The quantitative estimate of drug-likeness (QED) is 0.385. The molecule has 0 unspecified atom stereocenters. The Morgan fingerprint density at radius 3 is 2.04 bits per heavy atom. The molecule has 0 aliphatic carbocycles. The Hall–Kier alpha value is -2.55. The Balaban J connectivity index is 1.81. The zero-order chi connectivity index (χ0) is 18.9. The van der Waals surface area contributed by atoms with Crippen LogP contribution < -0.4 is 4.74 Å². The lowest BCUT2D eigenvalue weighted by Gasteiger charge is -2.10. The molecule has 0 aliphatic rings. The summed E-state index contributed by atoms with van der Waals surface area (Å²) < 4.78 is 8.26. The maximum atomic E-state index is 6.32. The van der Waals surface area contributed by atoms with Crippen molar-refractivity contribution >= 4 is 0 Å². The number of hydrogen-bond donors (Lipinski definition) is 0. The average molecular weight is 363 g/mol. The van der Waals surface area contributed by atoms with Crippen molar-refractivity contribution in [1.29, 1.82) is 0 Å². The first-order valence-electron chi connectivity index (χ1n) is 10.1. The fourth-order valence-electron chi connectivity index (χ4n) is 3.40. The number of hydrogen-bond acceptors (Lipinski definition) is 2. The van der Waals surface area contributed by atoms with Crippen molar-refractivity contribution in [3.8, 4) is 28.3 Å². The van der Waals surface area contributed by atoms with Gasteiger partial charge in [-0.3, -0.25) is 4.68 Å². The van der Waals surface area contributed by atoms with Crippen LogP contribution in [0.3, 0.4) is 0 Å². The molecule has 2 aromatic carbocycles. The number of aryl methyl sites for hydroxylation is 1. The number of rotatable bonds is 10. The molecule has 0 amide bonds. The summed E-state index contributed by atoms with van der Waals surface area (Å²) in [6.07, 6.45) is 7.55. The normalized spacial score (nSPS) is 10.9. The van der Waals surface area contributed by atoms with Gasteiger partial charge in [0.2, 0.25) is 0 Å². The van der Waals surface area contributed by atoms with Crippen LogP contribution in [0.5, 0.6) is 5.75 Å². The van der Waals surface area contributed by atoms with Crippen molar-refractivity contribution in [1.82, 2.24) is 9.78 Å². The van der Waals surface area contributed by atoms with Gasteiger partial charge in [0.1, 0.15) is 11.4 Å². The van der Waals surface area contributed by atoms with Gasteiger partial charge in [-0.2, -0.15) is 5.10 Å². The maximum Gasteiger partial charge on any atom is 0.173 e. The van der Waals surface area contributed by atoms with E-state index in [9.17, 15) is 0 Å². The largest absolute Gasteiger partial charge is 0.489 e. The van der Waals surface area contributed by atoms with Gasteiger partial charge < -0.3 is 4.74 Å². The number of nitrogens with zero attached hydrogens (tertiary/aromatic N) is 2. The van der Waals surface area contributed by atoms with E-state index in [0.29, 0.717) is 0 Å². The minimum absolute atomic E-state index is 0.734. The van der Waals surface area contributed by atoms with Gasteiger partial charge in [0.25, 0.3) is 0 Å². The predicted molar refractivity (Wildman–Crippen MR) is 113 cm³/mol. The van der Waals surface area contributed by atoms with Crippen molar-refractivity contribution in [2.24, 2.45) is 7.05 Å². The van der Waals surface area contributed by atoms with Gasteiger partial charge in [-0.15, -0.1) is 0 Å². The predicted octanol–water partition coefficient (Wildman–Crippen LogP) is 6.49. The van der Waals surface area contributed by atoms with Crippen LogP contribution in [0.25, 0.3) is 22.5 Å². The first-order valence-corrected chi connectivity index (χ1v) is 10.1. The van der Waals surface area contributed by atoms with E-state index in [-0.39, 0.29) is 0 Å². The summed E-state index contributed by atoms with van der Waals surface area (Å²) >= 11 is 0. The highest BCUT2D eigenvalue weighted by Gasteiger charge is 2.20. The van der Waals surface area contributed by atoms with Crippen LogP contribution in [-0.4, -0.2) is 16.4 Å². The van der Waals surface area contributed by atoms with Crippen molar-refractivity contribution in [2.45, 2.75) is 45.4 Å². The Bertz CT molecular complexity index is 809. The van der Waals surface area contributed by atoms with E-state index in [2.05, 4.69) is 43.3 Å². The molecule has 0 fully saturated rings. The van der Waals surface area contributed by atoms with Crippen LogP contribution in [0.4, 0.5) is 0 Å². The van der Waals surface area contributed by atoms with Crippen LogP contribution in [0.15, 0.2) is 60.7 Å². The van der Waals surface area contributed by atoms with E-state index in [4.69, 9.17) is 9.84 Å². The Labute approximate surface area is 163 Å². The summed E-state index contributed by atoms with van der Waals surface area (Å²) in [5.41, 5.74) is 4.18. The van der Waals surface area contributed by atoms with Crippen molar-refractivity contribution < 1.29 is 4.74 Å². The molecule has 0 bridgehead atoms. The highest BCUT2D eigenvalue weighted by Crippen LogP contribution is 2.38. The number of aromatic nitrogens is 2. The van der Waals surface area contributed by atoms with Gasteiger partial charge in [0.05, 0.1) is 6.61 Å². The molecule has 0 spiro atoms. The third-order valence-electron chi connectivity index (χ3n) is 4.84. The highest BCUT2D eigenvalue weighted by molar-refractivity contribution is 5.78. The lowest BCUT2D eigenvalue weighted by atomic mass is 10.1. The summed E-state index contributed by atoms with van der Waals surface area (Å²) in [7, 11) is 1.99. The smallest absolute Gasteiger partial charge is 0.173 e. The van der Waals surface area contributed by atoms with Crippen molar-refractivity contribution in [2.75, 3.05) is 6.61 Å². The lowest BCUT2D eigenvalue weighted by molar-refractivity contribution is 0.306. The minimum Gasteiger partial charge on any atom is -0.489 e. The Morgan fingerprint density at radius 2 is 1.37 bits per heavy atom. The fraction of sp³-hybridized carbons (Fsp3) is 0.375. The fourth-order valence-corrected chi connectivity index (χ4v) is 3.40. The topological polar surface area (TPSA) is 27.1 Å². The second-order valence-corrected chi connectivity index (χ2v) is 7.00. The van der Waals surface area contributed by atoms with Crippen LogP contribution in [0.1, 0.15) is 45.4 Å². The minimum atomic E-state index is 0.734. The van der Waals surface area contributed by atoms with Crippen LogP contribution in [-0.2, 0) is 7.05 Å². The van der Waals surface area contributed by atoms with Gasteiger partial charge in [-0.05, 0) is 6.42 Å². The molecule has 0 saturated carbocycles. The second-order valence-electron chi connectivity index (χ2n) is 7.00. The second kappa shape index (κ2) is 9.96. The summed E-state index contributed by atoms with van der Waals surface area (Å²) in [6.45, 7) is 2.99. The summed E-state index contributed by atoms with van der Waals surface area (Å²) in [6, 6.07) is 20.7. The van der Waals surface area contributed by atoms with E-state index in [1.807, 2.05) is 36.0 Å². The van der Waals surface area contributed by atoms with E-state index in [1.165, 1.54) is 32.1 Å². The molecule has 3 aromatic rings. The van der Waals surface area contributed by atoms with Crippen molar-refractivity contribution in [3.63, 3.8) is 0 Å². The monoisotopic (exact) mass is 362 g/mol. The molecule has 3 rings (SSSR count). The Kier molecular flexibility index (Phi) is 7.09. The third-order valence-corrected chi connectivity index (χ3v) is 4.84. The van der Waals surface area contributed by atoms with Crippen molar-refractivity contribution in [3.05, 3.63) is 60.7 Å². The van der Waals surface area contributed by atoms with Crippen LogP contribution in [0, 0.1) is 0 Å². The van der Waals surface area contributed by atoms with E-state index >= 15 is 0 Å². The maximum absolute atomic E-state index is 6.32. The van der Waals surface area contributed by atoms with E-state index < -0.39 is 0 Å². The van der Waals surface area contributed by atoms with E-state index in [1.54, 1.807) is 0 Å². The highest BCUT2D eigenvalue weighted by atomic mass is 16.5. The molecular formula is C24H30N2O. The molecule has 142 valence electrons. The molecule has 0 N–H and O–H groups in total. The molecular weight excluding hydrogens is 332 g/mol. The van der Waals surface area contributed by atoms with E-state index in [0.717, 1.165) is 41.3 Å². The molecule has 3 nitrogen and oxygen atoms in total. The Morgan fingerprint density at radius 1 is 0.778 bits per heavy atom. The first-order chi connectivity index (χ1) is 13.3. The average Bonchev–Trinajstić information content (AvgIpc) is 3.05. The van der Waals surface area contributed by atoms with Crippen LogP contribution in [0.2, 0.25) is 0 Å². The molecule has 0 atom stereocenters. The van der Waals surface area contributed by atoms with Gasteiger partial charge in [0.15, 0.2) is 5.75 Å². The van der Waals surface area contributed by atoms with Gasteiger partial charge in [-0.25, -0.2) is 0 Å². The molecule has 0 aliphatic heterocycles. The summed E-state index contributed by atoms with van der Waals surface area (Å²) in [5, 5.41) is 4.79. The van der Waals surface area contributed by atoms with Gasteiger partial charge in [0, 0.05) is 18.2 Å². The zero-order valence-corrected chi connectivity index (χ0v) is 16.5. The van der Waals surface area contributed by atoms with Crippen LogP contribution >= 0.6 is 0 Å². The summed E-state index contributed by atoms with van der Waals surface area (Å²) in [5.74, 6) is 0.892. The molecule has 1 heterocycles. The zero-order valence-electron chi connectivity index (χ0n) is 16.5. The first kappa shape index (κ1) is 19.2. The standard InChI is InChI=1S/C24H30N2O/c1-3-4-5-6-7-14-19-27-24-22(20-15-10-8-11-16-20)25-26(2)23(24)21-17-12-9-13-18-21/h8-13,15-18H,3-7,14,19H2,1-2H3. The van der Waals surface area contributed by atoms with Gasteiger partial charge >= 0.3 is 0 Å². The molecule has 0 saturated heterocycles. The lowest BCUT2D eigenvalue weighted by Crippen LogP contribution is -2.00. The third kappa shape index (κ3) is 5.00. The number of unbranched alkanes of at least 4 members (excludes halogenated alkanes) is 5. The molecule has 1 aromatic heterocycles. The number of benzene rings is 2. The molecule has 3 heteroatoms. The summed E-state index contributed by atoms with van der Waals surface area (Å²) in [4.78, 5) is 0. The SMILES string of the molecule is CCCCCCCCOc1c(-c2ccccc2)nn(C)c1-c1ccccc1. The number of ether oxygens (including phenoxy) is 1.